The second-order valence-electron chi connectivity index (χ2n) is 5.64. The van der Waals surface area contributed by atoms with Crippen molar-refractivity contribution in [3.05, 3.63) is 52.5 Å². The van der Waals surface area contributed by atoms with Crippen molar-refractivity contribution in [3.8, 4) is 5.75 Å². The summed E-state index contributed by atoms with van der Waals surface area (Å²) >= 11 is 3.33. The Bertz CT molecular complexity index is 900. The van der Waals surface area contributed by atoms with E-state index in [4.69, 9.17) is 4.74 Å². The molecule has 0 saturated carbocycles. The van der Waals surface area contributed by atoms with E-state index in [-0.39, 0.29) is 23.7 Å². The number of likely N-dealkylation sites (N-methyl/N-ethyl adjacent to an activating group) is 1. The molecule has 2 rings (SSSR count). The van der Waals surface area contributed by atoms with Crippen molar-refractivity contribution >= 4 is 37.5 Å². The molecular formula is C18H21BrN2O4S. The number of aryl methyl sites for hydroxylation is 1. The molecular weight excluding hydrogens is 420 g/mol. The molecule has 6 nitrogen and oxygen atoms in total. The average molecular weight is 441 g/mol. The number of hydrogen-bond donors (Lipinski definition) is 1. The quantitative estimate of drug-likeness (QED) is 0.715. The lowest BCUT2D eigenvalue weighted by molar-refractivity contribution is -0.116. The molecule has 0 aliphatic heterocycles. The smallest absolute Gasteiger partial charge is 0.247 e. The Labute approximate surface area is 162 Å². The number of anilines is 1. The number of benzene rings is 2. The van der Waals surface area contributed by atoms with Gasteiger partial charge in [0, 0.05) is 16.7 Å². The number of carbonyl (C=O) groups excluding carboxylic acids is 1. The zero-order chi connectivity index (χ0) is 19.3. The Hall–Kier alpha value is -1.90. The van der Waals surface area contributed by atoms with E-state index in [2.05, 4.69) is 21.2 Å². The molecule has 0 bridgehead atoms. The highest BCUT2D eigenvalue weighted by Crippen LogP contribution is 2.27. The van der Waals surface area contributed by atoms with Crippen LogP contribution in [-0.4, -0.2) is 38.8 Å². The monoisotopic (exact) mass is 440 g/mol. The Morgan fingerprint density at radius 3 is 2.58 bits per heavy atom. The molecule has 2 aromatic rings. The van der Waals surface area contributed by atoms with Gasteiger partial charge in [0.25, 0.3) is 0 Å². The van der Waals surface area contributed by atoms with E-state index in [1.54, 1.807) is 50.2 Å². The van der Waals surface area contributed by atoms with Crippen LogP contribution < -0.4 is 10.1 Å². The third-order valence-corrected chi connectivity index (χ3v) is 6.15. The molecule has 0 unspecified atom stereocenters. The van der Waals surface area contributed by atoms with Crippen LogP contribution in [-0.2, 0) is 14.8 Å². The van der Waals surface area contributed by atoms with Crippen molar-refractivity contribution in [1.82, 2.24) is 4.31 Å². The van der Waals surface area contributed by atoms with Gasteiger partial charge in [-0.3, -0.25) is 4.79 Å². The average Bonchev–Trinajstić information content (AvgIpc) is 2.59. The first-order valence-electron chi connectivity index (χ1n) is 7.98. The SMILES string of the molecule is CCN(CC(=O)Nc1cccc(Br)c1)S(=O)(=O)c1cc(C)ccc1OC. The summed E-state index contributed by atoms with van der Waals surface area (Å²) in [7, 11) is -2.46. The molecule has 0 spiro atoms. The molecule has 0 heterocycles. The molecule has 26 heavy (non-hydrogen) atoms. The first-order chi connectivity index (χ1) is 12.3. The molecule has 8 heteroatoms. The van der Waals surface area contributed by atoms with Crippen LogP contribution in [0.3, 0.4) is 0 Å². The van der Waals surface area contributed by atoms with E-state index in [9.17, 15) is 13.2 Å². The number of sulfonamides is 1. The molecule has 0 saturated heterocycles. The minimum Gasteiger partial charge on any atom is -0.495 e. The molecule has 0 fully saturated rings. The number of methoxy groups -OCH3 is 1. The Kier molecular flexibility index (Phi) is 6.80. The third kappa shape index (κ3) is 4.84. The van der Waals surface area contributed by atoms with Gasteiger partial charge in [0.2, 0.25) is 15.9 Å². The van der Waals surface area contributed by atoms with Gasteiger partial charge in [-0.15, -0.1) is 0 Å². The predicted octanol–water partition coefficient (Wildman–Crippen LogP) is 3.42. The number of carbonyl (C=O) groups is 1. The highest BCUT2D eigenvalue weighted by atomic mass is 79.9. The lowest BCUT2D eigenvalue weighted by atomic mass is 10.2. The number of ether oxygens (including phenoxy) is 1. The molecule has 0 atom stereocenters. The van der Waals surface area contributed by atoms with Crippen molar-refractivity contribution in [2.24, 2.45) is 0 Å². The van der Waals surface area contributed by atoms with E-state index < -0.39 is 15.9 Å². The van der Waals surface area contributed by atoms with E-state index in [0.29, 0.717) is 5.69 Å². The second-order valence-corrected chi connectivity index (χ2v) is 8.47. The number of nitrogens with zero attached hydrogens (tertiary/aromatic N) is 1. The van der Waals surface area contributed by atoms with Crippen LogP contribution >= 0.6 is 15.9 Å². The zero-order valence-corrected chi connectivity index (χ0v) is 17.2. The van der Waals surface area contributed by atoms with Gasteiger partial charge >= 0.3 is 0 Å². The normalized spacial score (nSPS) is 11.4. The van der Waals surface area contributed by atoms with Crippen LogP contribution in [0.15, 0.2) is 51.8 Å². The minimum atomic E-state index is -3.87. The number of amides is 1. The van der Waals surface area contributed by atoms with Crippen molar-refractivity contribution in [2.45, 2.75) is 18.7 Å². The Morgan fingerprint density at radius 1 is 1.23 bits per heavy atom. The molecule has 0 aliphatic rings. The van der Waals surface area contributed by atoms with Gasteiger partial charge in [-0.25, -0.2) is 8.42 Å². The van der Waals surface area contributed by atoms with Crippen LogP contribution in [0.2, 0.25) is 0 Å². The molecule has 2 aromatic carbocycles. The molecule has 0 aliphatic carbocycles. The van der Waals surface area contributed by atoms with Gasteiger partial charge in [0.05, 0.1) is 13.7 Å². The van der Waals surface area contributed by atoms with Gasteiger partial charge in [-0.05, 0) is 42.8 Å². The predicted molar refractivity (Wildman–Crippen MR) is 105 cm³/mol. The van der Waals surface area contributed by atoms with E-state index in [1.165, 1.54) is 7.11 Å². The topological polar surface area (TPSA) is 75.7 Å². The van der Waals surface area contributed by atoms with Gasteiger partial charge in [0.15, 0.2) is 0 Å². The van der Waals surface area contributed by atoms with Crippen molar-refractivity contribution in [3.63, 3.8) is 0 Å². The summed E-state index contributed by atoms with van der Waals surface area (Å²) in [6.07, 6.45) is 0. The zero-order valence-electron chi connectivity index (χ0n) is 14.8. The maximum absolute atomic E-state index is 13.0. The molecule has 1 amide bonds. The number of halogens is 1. The van der Waals surface area contributed by atoms with Crippen molar-refractivity contribution in [1.29, 1.82) is 0 Å². The highest BCUT2D eigenvalue weighted by molar-refractivity contribution is 9.10. The van der Waals surface area contributed by atoms with E-state index >= 15 is 0 Å². The van der Waals surface area contributed by atoms with E-state index in [1.807, 2.05) is 6.07 Å². The largest absolute Gasteiger partial charge is 0.495 e. The van der Waals surface area contributed by atoms with Crippen molar-refractivity contribution < 1.29 is 17.9 Å². The molecule has 1 N–H and O–H groups in total. The Balaban J connectivity index is 2.24. The summed E-state index contributed by atoms with van der Waals surface area (Å²) < 4.78 is 33.1. The summed E-state index contributed by atoms with van der Waals surface area (Å²) in [6.45, 7) is 3.36. The minimum absolute atomic E-state index is 0.0529. The van der Waals surface area contributed by atoms with Gasteiger partial charge < -0.3 is 10.1 Å². The molecule has 0 radical (unpaired) electrons. The summed E-state index contributed by atoms with van der Waals surface area (Å²) in [4.78, 5) is 12.4. The Morgan fingerprint density at radius 2 is 1.96 bits per heavy atom. The van der Waals surface area contributed by atoms with Gasteiger partial charge in [-0.2, -0.15) is 4.31 Å². The first-order valence-corrected chi connectivity index (χ1v) is 10.2. The van der Waals surface area contributed by atoms with Crippen LogP contribution in [0.1, 0.15) is 12.5 Å². The lowest BCUT2D eigenvalue weighted by Crippen LogP contribution is -2.38. The molecule has 0 aromatic heterocycles. The number of rotatable bonds is 7. The standard InChI is InChI=1S/C18H21BrN2O4S/c1-4-21(12-18(22)20-15-7-5-6-14(19)11-15)26(23,24)17-10-13(2)8-9-16(17)25-3/h5-11H,4,12H2,1-3H3,(H,20,22). The fraction of sp³-hybridized carbons (Fsp3) is 0.278. The van der Waals surface area contributed by atoms with Crippen molar-refractivity contribution in [2.75, 3.05) is 25.5 Å². The van der Waals surface area contributed by atoms with E-state index in [0.717, 1.165) is 14.3 Å². The third-order valence-electron chi connectivity index (χ3n) is 3.72. The molecule has 140 valence electrons. The number of hydrogen-bond acceptors (Lipinski definition) is 4. The summed E-state index contributed by atoms with van der Waals surface area (Å²) in [5.74, 6) is -0.165. The fourth-order valence-corrected chi connectivity index (χ4v) is 4.46. The first kappa shape index (κ1) is 20.4. The fourth-order valence-electron chi connectivity index (χ4n) is 2.42. The summed E-state index contributed by atoms with van der Waals surface area (Å²) in [6, 6.07) is 12.0. The number of nitrogens with one attached hydrogen (secondary N) is 1. The van der Waals surface area contributed by atoms with Gasteiger partial charge in [-0.1, -0.05) is 35.0 Å². The van der Waals surface area contributed by atoms with Crippen LogP contribution in [0.4, 0.5) is 5.69 Å². The maximum atomic E-state index is 13.0. The summed E-state index contributed by atoms with van der Waals surface area (Å²) in [5, 5.41) is 2.70. The second kappa shape index (κ2) is 8.66. The highest BCUT2D eigenvalue weighted by Gasteiger charge is 2.28. The lowest BCUT2D eigenvalue weighted by Gasteiger charge is -2.21. The maximum Gasteiger partial charge on any atom is 0.247 e. The van der Waals surface area contributed by atoms with Crippen LogP contribution in [0.5, 0.6) is 5.75 Å². The summed E-state index contributed by atoms with van der Waals surface area (Å²) in [5.41, 5.74) is 1.38. The van der Waals surface area contributed by atoms with Crippen LogP contribution in [0.25, 0.3) is 0 Å². The van der Waals surface area contributed by atoms with Gasteiger partial charge in [0.1, 0.15) is 10.6 Å². The van der Waals surface area contributed by atoms with Crippen LogP contribution in [0, 0.1) is 6.92 Å².